The van der Waals surface area contributed by atoms with Gasteiger partial charge in [-0.1, -0.05) is 23.2 Å². The van der Waals surface area contributed by atoms with Crippen molar-refractivity contribution in [1.29, 1.82) is 0 Å². The highest BCUT2D eigenvalue weighted by Crippen LogP contribution is 2.25. The van der Waals surface area contributed by atoms with Gasteiger partial charge in [0.25, 0.3) is 0 Å². The van der Waals surface area contributed by atoms with Gasteiger partial charge in [-0.15, -0.1) is 0 Å². The zero-order valence-corrected chi connectivity index (χ0v) is 14.7. The number of hydrogen-bond acceptors (Lipinski definition) is 3. The lowest BCUT2D eigenvalue weighted by Crippen LogP contribution is -2.36. The van der Waals surface area contributed by atoms with Crippen LogP contribution in [0.3, 0.4) is 0 Å². The molecule has 0 aliphatic rings. The number of ether oxygens (including phenoxy) is 1. The third kappa shape index (κ3) is 4.88. The van der Waals surface area contributed by atoms with Gasteiger partial charge in [-0.25, -0.2) is 0 Å². The minimum atomic E-state index is -0.341. The summed E-state index contributed by atoms with van der Waals surface area (Å²) in [6, 6.07) is 11.6. The van der Waals surface area contributed by atoms with Gasteiger partial charge in [-0.05, 0) is 42.5 Å². The van der Waals surface area contributed by atoms with Crippen LogP contribution in [0, 0.1) is 0 Å². The van der Waals surface area contributed by atoms with Crippen molar-refractivity contribution < 1.29 is 14.3 Å². The van der Waals surface area contributed by atoms with Crippen LogP contribution in [0.5, 0.6) is 5.75 Å². The van der Waals surface area contributed by atoms with Crippen molar-refractivity contribution in [3.63, 3.8) is 0 Å². The van der Waals surface area contributed by atoms with Gasteiger partial charge < -0.3 is 15.0 Å². The SMILES string of the molecule is COc1ccc(NC(=O)CN(C(C)=O)c2cc(Cl)cc(Cl)c2)cc1. The predicted molar refractivity (Wildman–Crippen MR) is 96.1 cm³/mol. The van der Waals surface area contributed by atoms with E-state index < -0.39 is 0 Å². The lowest BCUT2D eigenvalue weighted by atomic mass is 10.2. The van der Waals surface area contributed by atoms with Crippen LogP contribution >= 0.6 is 23.2 Å². The van der Waals surface area contributed by atoms with E-state index in [2.05, 4.69) is 5.32 Å². The lowest BCUT2D eigenvalue weighted by Gasteiger charge is -2.21. The summed E-state index contributed by atoms with van der Waals surface area (Å²) in [5.41, 5.74) is 1.07. The van der Waals surface area contributed by atoms with Crippen molar-refractivity contribution in [2.45, 2.75) is 6.92 Å². The molecule has 0 saturated heterocycles. The van der Waals surface area contributed by atoms with E-state index in [-0.39, 0.29) is 18.4 Å². The van der Waals surface area contributed by atoms with Crippen molar-refractivity contribution in [1.82, 2.24) is 0 Å². The zero-order valence-electron chi connectivity index (χ0n) is 13.2. The predicted octanol–water partition coefficient (Wildman–Crippen LogP) is 3.99. The molecule has 0 radical (unpaired) electrons. The third-order valence-electron chi connectivity index (χ3n) is 3.21. The number of hydrogen-bond donors (Lipinski definition) is 1. The summed E-state index contributed by atoms with van der Waals surface area (Å²) >= 11 is 11.9. The van der Waals surface area contributed by atoms with Gasteiger partial charge in [-0.2, -0.15) is 0 Å². The van der Waals surface area contributed by atoms with Crippen LogP contribution in [0.25, 0.3) is 0 Å². The highest BCUT2D eigenvalue weighted by molar-refractivity contribution is 6.35. The second-order valence-electron chi connectivity index (χ2n) is 5.01. The molecule has 0 spiro atoms. The summed E-state index contributed by atoms with van der Waals surface area (Å²) in [5.74, 6) is 0.0524. The number of halogens is 2. The van der Waals surface area contributed by atoms with Gasteiger partial charge in [0.15, 0.2) is 0 Å². The van der Waals surface area contributed by atoms with E-state index >= 15 is 0 Å². The first-order valence-corrected chi connectivity index (χ1v) is 7.82. The molecule has 0 aliphatic carbocycles. The molecule has 2 amide bonds. The normalized spacial score (nSPS) is 10.2. The molecule has 7 heteroatoms. The smallest absolute Gasteiger partial charge is 0.244 e. The summed E-state index contributed by atoms with van der Waals surface area (Å²) in [6.07, 6.45) is 0. The van der Waals surface area contributed by atoms with Crippen LogP contribution in [0.2, 0.25) is 10.0 Å². The highest BCUT2D eigenvalue weighted by Gasteiger charge is 2.17. The van der Waals surface area contributed by atoms with E-state index in [0.29, 0.717) is 27.2 Å². The van der Waals surface area contributed by atoms with E-state index in [1.807, 2.05) is 0 Å². The Morgan fingerprint density at radius 2 is 1.67 bits per heavy atom. The van der Waals surface area contributed by atoms with Gasteiger partial charge in [0.05, 0.1) is 7.11 Å². The summed E-state index contributed by atoms with van der Waals surface area (Å²) < 4.78 is 5.06. The number of rotatable bonds is 5. The number of nitrogens with one attached hydrogen (secondary N) is 1. The number of methoxy groups -OCH3 is 1. The molecule has 2 rings (SSSR count). The van der Waals surface area contributed by atoms with Gasteiger partial charge in [0, 0.05) is 28.3 Å². The molecule has 0 heterocycles. The second-order valence-corrected chi connectivity index (χ2v) is 5.88. The summed E-state index contributed by atoms with van der Waals surface area (Å²) in [6.45, 7) is 1.22. The second kappa shape index (κ2) is 8.04. The van der Waals surface area contributed by atoms with E-state index in [1.54, 1.807) is 49.6 Å². The Morgan fingerprint density at radius 1 is 1.08 bits per heavy atom. The Hall–Kier alpha value is -2.24. The van der Waals surface area contributed by atoms with Crippen LogP contribution in [-0.2, 0) is 9.59 Å². The van der Waals surface area contributed by atoms with Crippen molar-refractivity contribution >= 4 is 46.4 Å². The molecule has 2 aromatic carbocycles. The van der Waals surface area contributed by atoms with Crippen LogP contribution < -0.4 is 15.0 Å². The number of anilines is 2. The van der Waals surface area contributed by atoms with Crippen LogP contribution in [0.15, 0.2) is 42.5 Å². The molecule has 0 fully saturated rings. The maximum absolute atomic E-state index is 12.2. The van der Waals surface area contributed by atoms with Crippen LogP contribution in [-0.4, -0.2) is 25.5 Å². The number of nitrogens with zero attached hydrogens (tertiary/aromatic N) is 1. The van der Waals surface area contributed by atoms with Crippen molar-refractivity contribution in [2.75, 3.05) is 23.9 Å². The van der Waals surface area contributed by atoms with E-state index in [0.717, 1.165) is 0 Å². The summed E-state index contributed by atoms with van der Waals surface area (Å²) in [4.78, 5) is 25.4. The Bertz CT molecular complexity index is 728. The molecule has 0 bridgehead atoms. The first-order valence-electron chi connectivity index (χ1n) is 7.07. The summed E-state index contributed by atoms with van der Waals surface area (Å²) in [5, 5.41) is 3.50. The fourth-order valence-corrected chi connectivity index (χ4v) is 2.61. The summed E-state index contributed by atoms with van der Waals surface area (Å²) in [7, 11) is 1.56. The maximum Gasteiger partial charge on any atom is 0.244 e. The quantitative estimate of drug-likeness (QED) is 0.869. The standard InChI is InChI=1S/C17H16Cl2N2O3/c1-11(22)21(15-8-12(18)7-13(19)9-15)10-17(23)20-14-3-5-16(24-2)6-4-14/h3-9H,10H2,1-2H3,(H,20,23). The topological polar surface area (TPSA) is 58.6 Å². The fraction of sp³-hybridized carbons (Fsp3) is 0.176. The molecular weight excluding hydrogens is 351 g/mol. The van der Waals surface area contributed by atoms with Crippen LogP contribution in [0.1, 0.15) is 6.92 Å². The van der Waals surface area contributed by atoms with Gasteiger partial charge in [-0.3, -0.25) is 9.59 Å². The average molecular weight is 367 g/mol. The van der Waals surface area contributed by atoms with E-state index in [1.165, 1.54) is 11.8 Å². The molecule has 24 heavy (non-hydrogen) atoms. The monoisotopic (exact) mass is 366 g/mol. The molecule has 0 saturated carbocycles. The zero-order chi connectivity index (χ0) is 17.7. The van der Waals surface area contributed by atoms with Crippen molar-refractivity contribution in [3.8, 4) is 5.75 Å². The lowest BCUT2D eigenvalue weighted by molar-refractivity contribution is -0.120. The van der Waals surface area contributed by atoms with Gasteiger partial charge in [0.2, 0.25) is 11.8 Å². The highest BCUT2D eigenvalue weighted by atomic mass is 35.5. The van der Waals surface area contributed by atoms with E-state index in [4.69, 9.17) is 27.9 Å². The largest absolute Gasteiger partial charge is 0.497 e. The molecular formula is C17H16Cl2N2O3. The minimum absolute atomic E-state index is 0.155. The Kier molecular flexibility index (Phi) is 6.06. The first kappa shape index (κ1) is 18.1. The number of carbonyl (C=O) groups is 2. The molecule has 0 aliphatic heterocycles. The van der Waals surface area contributed by atoms with Gasteiger partial charge >= 0.3 is 0 Å². The molecule has 0 aromatic heterocycles. The Morgan fingerprint density at radius 3 is 2.17 bits per heavy atom. The number of benzene rings is 2. The average Bonchev–Trinajstić information content (AvgIpc) is 2.52. The molecule has 0 atom stereocenters. The molecule has 2 aromatic rings. The minimum Gasteiger partial charge on any atom is -0.497 e. The van der Waals surface area contributed by atoms with Crippen LogP contribution in [0.4, 0.5) is 11.4 Å². The third-order valence-corrected chi connectivity index (χ3v) is 3.65. The van der Waals surface area contributed by atoms with Gasteiger partial charge in [0.1, 0.15) is 12.3 Å². The van der Waals surface area contributed by atoms with E-state index in [9.17, 15) is 9.59 Å². The fourth-order valence-electron chi connectivity index (χ4n) is 2.10. The Labute approximate surface area is 150 Å². The van der Waals surface area contributed by atoms with Crippen molar-refractivity contribution in [2.24, 2.45) is 0 Å². The number of amides is 2. The molecule has 0 unspecified atom stereocenters. The number of carbonyl (C=O) groups excluding carboxylic acids is 2. The molecule has 126 valence electrons. The first-order chi connectivity index (χ1) is 11.4. The van der Waals surface area contributed by atoms with Crippen molar-refractivity contribution in [3.05, 3.63) is 52.5 Å². The molecule has 1 N–H and O–H groups in total. The maximum atomic E-state index is 12.2. The Balaban J connectivity index is 2.11. The molecule has 5 nitrogen and oxygen atoms in total.